The van der Waals surface area contributed by atoms with Crippen LogP contribution in [0, 0.1) is 5.41 Å². The van der Waals surface area contributed by atoms with E-state index in [2.05, 4.69) is 4.99 Å². The Labute approximate surface area is 83.1 Å². The first-order valence-electron chi connectivity index (χ1n) is 3.89. The number of hydrogen-bond acceptors (Lipinski definition) is 2. The second-order valence-electron chi connectivity index (χ2n) is 2.78. The molecule has 0 heterocycles. The molecule has 76 valence electrons. The monoisotopic (exact) mass is 203 g/mol. The van der Waals surface area contributed by atoms with Crippen molar-refractivity contribution in [1.29, 1.82) is 5.41 Å². The molecule has 6 heteroatoms. The van der Waals surface area contributed by atoms with E-state index in [0.29, 0.717) is 0 Å². The Balaban J connectivity index is 4.17. The van der Waals surface area contributed by atoms with E-state index in [0.717, 1.165) is 5.75 Å². The summed E-state index contributed by atoms with van der Waals surface area (Å²) in [5.41, 5.74) is 10.3. The van der Waals surface area contributed by atoms with Gasteiger partial charge in [0.1, 0.15) is 0 Å². The van der Waals surface area contributed by atoms with Gasteiger partial charge in [0.2, 0.25) is 5.96 Å². The summed E-state index contributed by atoms with van der Waals surface area (Å²) in [6.07, 6.45) is 2.02. The average Bonchev–Trinajstić information content (AvgIpc) is 2.02. The van der Waals surface area contributed by atoms with Crippen molar-refractivity contribution in [2.24, 2.45) is 16.5 Å². The molecule has 5 N–H and O–H groups in total. The molecule has 0 bridgehead atoms. The molecule has 0 saturated heterocycles. The Morgan fingerprint density at radius 1 is 1.62 bits per heavy atom. The minimum Gasteiger partial charge on any atom is -0.370 e. The Kier molecular flexibility index (Phi) is 5.29. The number of guanidine groups is 2. The van der Waals surface area contributed by atoms with E-state index in [9.17, 15) is 0 Å². The summed E-state index contributed by atoms with van der Waals surface area (Å²) < 4.78 is 0. The third-order valence-corrected chi connectivity index (χ3v) is 2.45. The van der Waals surface area contributed by atoms with E-state index in [1.54, 1.807) is 23.7 Å². The molecule has 0 aromatic rings. The summed E-state index contributed by atoms with van der Waals surface area (Å²) in [7, 11) is 1.80. The fourth-order valence-corrected chi connectivity index (χ4v) is 1.47. The van der Waals surface area contributed by atoms with Crippen molar-refractivity contribution >= 4 is 23.7 Å². The fraction of sp³-hybridized carbons (Fsp3) is 0.714. The molecule has 0 fully saturated rings. The predicted molar refractivity (Wildman–Crippen MR) is 59.1 cm³/mol. The smallest absolute Gasteiger partial charge is 0.221 e. The highest BCUT2D eigenvalue weighted by molar-refractivity contribution is 7.98. The van der Waals surface area contributed by atoms with E-state index >= 15 is 0 Å². The van der Waals surface area contributed by atoms with E-state index in [1.165, 1.54) is 0 Å². The van der Waals surface area contributed by atoms with Crippen molar-refractivity contribution in [2.45, 2.75) is 13.0 Å². The van der Waals surface area contributed by atoms with Crippen molar-refractivity contribution in [2.75, 3.05) is 19.1 Å². The summed E-state index contributed by atoms with van der Waals surface area (Å²) in [6, 6.07) is 0.255. The number of hydrogen-bond donors (Lipinski definition) is 3. The minimum absolute atomic E-state index is 0.0757. The van der Waals surface area contributed by atoms with Crippen molar-refractivity contribution in [1.82, 2.24) is 4.90 Å². The molecule has 0 aliphatic rings. The second-order valence-corrected chi connectivity index (χ2v) is 3.69. The van der Waals surface area contributed by atoms with Crippen LogP contribution in [0.2, 0.25) is 0 Å². The summed E-state index contributed by atoms with van der Waals surface area (Å²) >= 11 is 1.73. The Hall–Kier alpha value is -0.910. The number of rotatable bonds is 3. The Bertz CT molecular complexity index is 199. The van der Waals surface area contributed by atoms with Crippen molar-refractivity contribution < 1.29 is 0 Å². The van der Waals surface area contributed by atoms with Gasteiger partial charge in [-0.05, 0) is 13.2 Å². The van der Waals surface area contributed by atoms with E-state index in [1.807, 2.05) is 13.2 Å². The molecule has 0 aliphatic carbocycles. The second kappa shape index (κ2) is 5.69. The topological polar surface area (TPSA) is 91.5 Å². The van der Waals surface area contributed by atoms with Crippen LogP contribution in [0.1, 0.15) is 6.92 Å². The van der Waals surface area contributed by atoms with Gasteiger partial charge >= 0.3 is 0 Å². The largest absolute Gasteiger partial charge is 0.370 e. The summed E-state index contributed by atoms with van der Waals surface area (Å²) in [6.45, 7) is 2.02. The molecule has 13 heavy (non-hydrogen) atoms. The van der Waals surface area contributed by atoms with Crippen LogP contribution in [-0.2, 0) is 0 Å². The van der Waals surface area contributed by atoms with E-state index in [4.69, 9.17) is 16.9 Å². The first kappa shape index (κ1) is 12.1. The number of aliphatic imine (C=N–C) groups is 1. The number of thioether (sulfide) groups is 1. The highest BCUT2D eigenvalue weighted by atomic mass is 32.2. The first-order valence-corrected chi connectivity index (χ1v) is 5.28. The lowest BCUT2D eigenvalue weighted by Gasteiger charge is -2.24. The standard InChI is InChI=1S/C7H17N5S/c1-5(4-13-3)12(2)7(10)11-6(8)9/h5H,4H2,1-3H3,(H5,8,9,10,11). The molecule has 0 aliphatic heterocycles. The molecule has 0 saturated carbocycles. The Morgan fingerprint density at radius 3 is 2.54 bits per heavy atom. The van der Waals surface area contributed by atoms with Crippen LogP contribution >= 0.6 is 11.8 Å². The fourth-order valence-electron chi connectivity index (χ4n) is 0.763. The SMILES string of the molecule is CSCC(C)N(C)C(=N)N=C(N)N. The van der Waals surface area contributed by atoms with Crippen LogP contribution < -0.4 is 11.5 Å². The quantitative estimate of drug-likeness (QED) is 0.440. The van der Waals surface area contributed by atoms with Gasteiger partial charge in [-0.25, -0.2) is 0 Å². The van der Waals surface area contributed by atoms with Crippen LogP contribution in [0.5, 0.6) is 0 Å². The molecule has 0 aromatic carbocycles. The normalized spacial score (nSPS) is 11.9. The van der Waals surface area contributed by atoms with Gasteiger partial charge in [-0.15, -0.1) is 0 Å². The molecule has 0 rings (SSSR count). The molecular formula is C7H17N5S. The molecule has 1 atom stereocenters. The van der Waals surface area contributed by atoms with E-state index < -0.39 is 0 Å². The molecular weight excluding hydrogens is 186 g/mol. The van der Waals surface area contributed by atoms with Gasteiger partial charge < -0.3 is 16.4 Å². The third-order valence-electron chi connectivity index (χ3n) is 1.64. The van der Waals surface area contributed by atoms with Crippen molar-refractivity contribution in [3.8, 4) is 0 Å². The molecule has 5 nitrogen and oxygen atoms in total. The molecule has 0 aromatic heterocycles. The Morgan fingerprint density at radius 2 is 2.15 bits per heavy atom. The molecule has 0 radical (unpaired) electrons. The van der Waals surface area contributed by atoms with E-state index in [-0.39, 0.29) is 18.0 Å². The van der Waals surface area contributed by atoms with Crippen molar-refractivity contribution in [3.63, 3.8) is 0 Å². The zero-order valence-corrected chi connectivity index (χ0v) is 9.06. The maximum atomic E-state index is 7.50. The summed E-state index contributed by atoms with van der Waals surface area (Å²) in [5, 5.41) is 7.50. The molecule has 0 spiro atoms. The van der Waals surface area contributed by atoms with Crippen LogP contribution in [0.3, 0.4) is 0 Å². The highest BCUT2D eigenvalue weighted by Gasteiger charge is 2.10. The van der Waals surface area contributed by atoms with Gasteiger partial charge in [-0.1, -0.05) is 0 Å². The summed E-state index contributed by atoms with van der Waals surface area (Å²) in [5.74, 6) is 0.966. The van der Waals surface area contributed by atoms with Crippen LogP contribution in [-0.4, -0.2) is 41.9 Å². The lowest BCUT2D eigenvalue weighted by Crippen LogP contribution is -2.37. The van der Waals surface area contributed by atoms with Gasteiger partial charge in [0.15, 0.2) is 5.96 Å². The van der Waals surface area contributed by atoms with Crippen molar-refractivity contribution in [3.05, 3.63) is 0 Å². The zero-order valence-electron chi connectivity index (χ0n) is 8.24. The lowest BCUT2D eigenvalue weighted by atomic mass is 10.3. The van der Waals surface area contributed by atoms with Crippen LogP contribution in [0.25, 0.3) is 0 Å². The highest BCUT2D eigenvalue weighted by Crippen LogP contribution is 2.04. The number of nitrogens with two attached hydrogens (primary N) is 2. The maximum Gasteiger partial charge on any atom is 0.221 e. The summed E-state index contributed by atoms with van der Waals surface area (Å²) in [4.78, 5) is 5.39. The zero-order chi connectivity index (χ0) is 10.4. The van der Waals surface area contributed by atoms with Crippen LogP contribution in [0.4, 0.5) is 0 Å². The van der Waals surface area contributed by atoms with Crippen LogP contribution in [0.15, 0.2) is 4.99 Å². The molecule has 1 unspecified atom stereocenters. The first-order chi connectivity index (χ1) is 5.99. The lowest BCUT2D eigenvalue weighted by molar-refractivity contribution is 0.416. The van der Waals surface area contributed by atoms with Gasteiger partial charge in [-0.2, -0.15) is 16.8 Å². The average molecular weight is 203 g/mol. The maximum absolute atomic E-state index is 7.50. The third kappa shape index (κ3) is 4.62. The van der Waals surface area contributed by atoms with Gasteiger partial charge in [0, 0.05) is 18.8 Å². The number of nitrogens with one attached hydrogen (secondary N) is 1. The predicted octanol–water partition coefficient (Wildman–Crippen LogP) is -0.122. The van der Waals surface area contributed by atoms with Gasteiger partial charge in [0.05, 0.1) is 0 Å². The van der Waals surface area contributed by atoms with Gasteiger partial charge in [0.25, 0.3) is 0 Å². The minimum atomic E-state index is -0.0757. The molecule has 0 amide bonds. The number of nitrogens with zero attached hydrogens (tertiary/aromatic N) is 2. The van der Waals surface area contributed by atoms with Gasteiger partial charge in [-0.3, -0.25) is 5.41 Å².